The van der Waals surface area contributed by atoms with Crippen molar-refractivity contribution in [3.05, 3.63) is 65.5 Å². The molecule has 2 rings (SSSR count). The van der Waals surface area contributed by atoms with Gasteiger partial charge in [0, 0.05) is 5.56 Å². The number of nitrogens with one attached hydrogen (secondary N) is 1. The molecule has 20 heavy (non-hydrogen) atoms. The number of carbonyl (C=O) groups is 1. The molecular formula is C15H13FN2O2. The SMILES string of the molecule is COc1ccc(C(=O)NN=Cc2cccc(F)c2)cc1. The topological polar surface area (TPSA) is 50.7 Å². The molecule has 0 aliphatic heterocycles. The summed E-state index contributed by atoms with van der Waals surface area (Å²) in [6, 6.07) is 12.6. The first-order valence-corrected chi connectivity index (χ1v) is 5.92. The van der Waals surface area contributed by atoms with Crippen LogP contribution in [0.25, 0.3) is 0 Å². The molecule has 102 valence electrons. The van der Waals surface area contributed by atoms with Crippen LogP contribution in [0.4, 0.5) is 4.39 Å². The number of hydrogen-bond donors (Lipinski definition) is 1. The Labute approximate surface area is 115 Å². The number of benzene rings is 2. The highest BCUT2D eigenvalue weighted by atomic mass is 19.1. The highest BCUT2D eigenvalue weighted by Gasteiger charge is 2.03. The lowest BCUT2D eigenvalue weighted by atomic mass is 10.2. The first-order chi connectivity index (χ1) is 9.69. The van der Waals surface area contributed by atoms with Gasteiger partial charge in [-0.15, -0.1) is 0 Å². The van der Waals surface area contributed by atoms with Gasteiger partial charge in [0.2, 0.25) is 0 Å². The monoisotopic (exact) mass is 272 g/mol. The van der Waals surface area contributed by atoms with Crippen LogP contribution in [0.1, 0.15) is 15.9 Å². The number of nitrogens with zero attached hydrogens (tertiary/aromatic N) is 1. The maximum absolute atomic E-state index is 12.9. The van der Waals surface area contributed by atoms with E-state index in [1.807, 2.05) is 0 Å². The van der Waals surface area contributed by atoms with Gasteiger partial charge in [0.05, 0.1) is 13.3 Å². The third-order valence-corrected chi connectivity index (χ3v) is 2.58. The summed E-state index contributed by atoms with van der Waals surface area (Å²) in [4.78, 5) is 11.8. The molecule has 1 amide bonds. The van der Waals surface area contributed by atoms with Crippen LogP contribution in [0.5, 0.6) is 5.75 Å². The molecule has 5 heteroatoms. The predicted octanol–water partition coefficient (Wildman–Crippen LogP) is 2.60. The van der Waals surface area contributed by atoms with E-state index < -0.39 is 0 Å². The van der Waals surface area contributed by atoms with Gasteiger partial charge in [-0.2, -0.15) is 5.10 Å². The standard InChI is InChI=1S/C15H13FN2O2/c1-20-14-7-5-12(6-8-14)15(19)18-17-10-11-3-2-4-13(16)9-11/h2-10H,1H3,(H,18,19). The smallest absolute Gasteiger partial charge is 0.271 e. The van der Waals surface area contributed by atoms with Gasteiger partial charge in [-0.1, -0.05) is 12.1 Å². The van der Waals surface area contributed by atoms with Crippen molar-refractivity contribution in [2.24, 2.45) is 5.10 Å². The second-order valence-electron chi connectivity index (χ2n) is 3.98. The van der Waals surface area contributed by atoms with E-state index in [0.29, 0.717) is 16.9 Å². The summed E-state index contributed by atoms with van der Waals surface area (Å²) < 4.78 is 17.9. The first kappa shape index (κ1) is 13.7. The number of amides is 1. The molecule has 0 radical (unpaired) electrons. The Morgan fingerprint density at radius 1 is 1.25 bits per heavy atom. The minimum Gasteiger partial charge on any atom is -0.497 e. The normalized spacial score (nSPS) is 10.5. The van der Waals surface area contributed by atoms with Crippen LogP contribution in [0, 0.1) is 5.82 Å². The van der Waals surface area contributed by atoms with E-state index in [2.05, 4.69) is 10.5 Å². The van der Waals surface area contributed by atoms with E-state index in [9.17, 15) is 9.18 Å². The summed E-state index contributed by atoms with van der Waals surface area (Å²) in [5.74, 6) is -0.0273. The van der Waals surface area contributed by atoms with Crippen molar-refractivity contribution in [1.82, 2.24) is 5.43 Å². The first-order valence-electron chi connectivity index (χ1n) is 5.92. The average molecular weight is 272 g/mol. The Bertz CT molecular complexity index is 624. The average Bonchev–Trinajstić information content (AvgIpc) is 2.47. The molecule has 0 spiro atoms. The Morgan fingerprint density at radius 2 is 2.00 bits per heavy atom. The third-order valence-electron chi connectivity index (χ3n) is 2.58. The molecule has 0 aromatic heterocycles. The van der Waals surface area contributed by atoms with Crippen LogP contribution in [-0.2, 0) is 0 Å². The van der Waals surface area contributed by atoms with Gasteiger partial charge in [-0.3, -0.25) is 4.79 Å². The van der Waals surface area contributed by atoms with Gasteiger partial charge < -0.3 is 4.74 Å². The van der Waals surface area contributed by atoms with Crippen LogP contribution in [0.3, 0.4) is 0 Å². The lowest BCUT2D eigenvalue weighted by Gasteiger charge is -2.02. The van der Waals surface area contributed by atoms with Gasteiger partial charge in [0.15, 0.2) is 0 Å². The summed E-state index contributed by atoms with van der Waals surface area (Å²) in [6.45, 7) is 0. The zero-order chi connectivity index (χ0) is 14.4. The Morgan fingerprint density at radius 3 is 2.65 bits per heavy atom. The number of methoxy groups -OCH3 is 1. The molecule has 2 aromatic rings. The lowest BCUT2D eigenvalue weighted by Crippen LogP contribution is -2.17. The van der Waals surface area contributed by atoms with Crippen LogP contribution in [-0.4, -0.2) is 19.2 Å². The van der Waals surface area contributed by atoms with Crippen molar-refractivity contribution in [3.8, 4) is 5.75 Å². The largest absolute Gasteiger partial charge is 0.497 e. The van der Waals surface area contributed by atoms with E-state index in [4.69, 9.17) is 4.74 Å². The second kappa shape index (κ2) is 6.47. The fourth-order valence-corrected chi connectivity index (χ4v) is 1.56. The van der Waals surface area contributed by atoms with Crippen molar-refractivity contribution in [2.45, 2.75) is 0 Å². The summed E-state index contributed by atoms with van der Waals surface area (Å²) in [7, 11) is 1.55. The van der Waals surface area contributed by atoms with E-state index in [0.717, 1.165) is 0 Å². The van der Waals surface area contributed by atoms with Crippen LogP contribution < -0.4 is 10.2 Å². The molecule has 1 N–H and O–H groups in total. The third kappa shape index (κ3) is 3.65. The van der Waals surface area contributed by atoms with Crippen molar-refractivity contribution in [1.29, 1.82) is 0 Å². The zero-order valence-electron chi connectivity index (χ0n) is 10.8. The van der Waals surface area contributed by atoms with E-state index >= 15 is 0 Å². The number of halogens is 1. The molecule has 0 unspecified atom stereocenters. The van der Waals surface area contributed by atoms with E-state index in [1.165, 1.54) is 18.3 Å². The Kier molecular flexibility index (Phi) is 4.44. The van der Waals surface area contributed by atoms with Crippen molar-refractivity contribution in [3.63, 3.8) is 0 Å². The molecule has 0 saturated carbocycles. The molecule has 0 aliphatic rings. The fourth-order valence-electron chi connectivity index (χ4n) is 1.56. The van der Waals surface area contributed by atoms with Crippen molar-refractivity contribution in [2.75, 3.05) is 7.11 Å². The Balaban J connectivity index is 1.97. The van der Waals surface area contributed by atoms with Gasteiger partial charge in [-0.25, -0.2) is 9.82 Å². The fraction of sp³-hybridized carbons (Fsp3) is 0.0667. The van der Waals surface area contributed by atoms with Gasteiger partial charge in [-0.05, 0) is 42.0 Å². The van der Waals surface area contributed by atoms with Crippen LogP contribution in [0.15, 0.2) is 53.6 Å². The summed E-state index contributed by atoms with van der Waals surface area (Å²) in [6.07, 6.45) is 1.38. The highest BCUT2D eigenvalue weighted by molar-refractivity contribution is 5.94. The minimum atomic E-state index is -0.351. The molecule has 4 nitrogen and oxygen atoms in total. The maximum Gasteiger partial charge on any atom is 0.271 e. The molecule has 0 bridgehead atoms. The maximum atomic E-state index is 12.9. The highest BCUT2D eigenvalue weighted by Crippen LogP contribution is 2.11. The number of rotatable bonds is 4. The van der Waals surface area contributed by atoms with Gasteiger partial charge >= 0.3 is 0 Å². The number of hydrazone groups is 1. The van der Waals surface area contributed by atoms with Crippen molar-refractivity contribution < 1.29 is 13.9 Å². The quantitative estimate of drug-likeness (QED) is 0.687. The molecule has 0 aliphatic carbocycles. The summed E-state index contributed by atoms with van der Waals surface area (Å²) in [5, 5.41) is 3.78. The molecule has 2 aromatic carbocycles. The number of carbonyl (C=O) groups excluding carboxylic acids is 1. The summed E-state index contributed by atoms with van der Waals surface area (Å²) in [5.41, 5.74) is 3.40. The minimum absolute atomic E-state index is 0.347. The molecule has 0 atom stereocenters. The van der Waals surface area contributed by atoms with Crippen LogP contribution in [0.2, 0.25) is 0 Å². The van der Waals surface area contributed by atoms with Crippen LogP contribution >= 0.6 is 0 Å². The van der Waals surface area contributed by atoms with Crippen molar-refractivity contribution >= 4 is 12.1 Å². The Hall–Kier alpha value is -2.69. The molecule has 0 saturated heterocycles. The number of ether oxygens (including phenoxy) is 1. The van der Waals surface area contributed by atoms with Gasteiger partial charge in [0.25, 0.3) is 5.91 Å². The second-order valence-corrected chi connectivity index (χ2v) is 3.98. The zero-order valence-corrected chi connectivity index (χ0v) is 10.8. The van der Waals surface area contributed by atoms with E-state index in [1.54, 1.807) is 43.5 Å². The lowest BCUT2D eigenvalue weighted by molar-refractivity contribution is 0.0955. The van der Waals surface area contributed by atoms with Gasteiger partial charge in [0.1, 0.15) is 11.6 Å². The molecular weight excluding hydrogens is 259 g/mol. The molecule has 0 heterocycles. The number of hydrogen-bond acceptors (Lipinski definition) is 3. The van der Waals surface area contributed by atoms with E-state index in [-0.39, 0.29) is 11.7 Å². The summed E-state index contributed by atoms with van der Waals surface area (Å²) >= 11 is 0. The predicted molar refractivity (Wildman–Crippen MR) is 74.5 cm³/mol. The molecule has 0 fully saturated rings.